The second kappa shape index (κ2) is 5.62. The molecule has 0 heterocycles. The van der Waals surface area contributed by atoms with Gasteiger partial charge >= 0.3 is 27.3 Å². The molecule has 1 N–H and O–H groups in total. The van der Waals surface area contributed by atoms with Crippen molar-refractivity contribution in [2.75, 3.05) is 6.79 Å². The van der Waals surface area contributed by atoms with Gasteiger partial charge in [0.2, 0.25) is 6.79 Å². The average molecular weight is 368 g/mol. The molecular formula is C14H18F2O7S. The van der Waals surface area contributed by atoms with Crippen LogP contribution < -0.4 is 0 Å². The smallest absolute Gasteiger partial charge is 0.427 e. The van der Waals surface area contributed by atoms with Crippen LogP contribution in [0.15, 0.2) is 0 Å². The SMILES string of the molecule is O=C(OCOC(=O)C(F)(F)S(=O)(=O)O)C12CC3CC(CC(C3)C1)C2. The Morgan fingerprint density at radius 3 is 1.92 bits per heavy atom. The molecule has 0 aromatic heterocycles. The highest BCUT2D eigenvalue weighted by atomic mass is 32.2. The zero-order valence-electron chi connectivity index (χ0n) is 12.7. The van der Waals surface area contributed by atoms with Crippen molar-refractivity contribution in [2.24, 2.45) is 23.2 Å². The minimum atomic E-state index is -5.94. The fourth-order valence-electron chi connectivity index (χ4n) is 4.84. The van der Waals surface area contributed by atoms with E-state index >= 15 is 0 Å². The molecule has 0 spiro atoms. The molecule has 7 nitrogen and oxygen atoms in total. The third kappa shape index (κ3) is 2.90. The lowest BCUT2D eigenvalue weighted by atomic mass is 9.49. The molecule has 0 atom stereocenters. The Morgan fingerprint density at radius 2 is 1.50 bits per heavy atom. The summed E-state index contributed by atoms with van der Waals surface area (Å²) in [4.78, 5) is 23.4. The maximum Gasteiger partial charge on any atom is 0.465 e. The van der Waals surface area contributed by atoms with E-state index in [1.54, 1.807) is 0 Å². The van der Waals surface area contributed by atoms with Crippen molar-refractivity contribution in [1.82, 2.24) is 0 Å². The van der Waals surface area contributed by atoms with Gasteiger partial charge in [0.1, 0.15) is 0 Å². The molecule has 0 saturated heterocycles. The number of ether oxygens (including phenoxy) is 2. The van der Waals surface area contributed by atoms with Crippen LogP contribution in [0.3, 0.4) is 0 Å². The zero-order valence-corrected chi connectivity index (χ0v) is 13.6. The predicted octanol–water partition coefficient (Wildman–Crippen LogP) is 1.73. The van der Waals surface area contributed by atoms with Crippen molar-refractivity contribution in [2.45, 2.75) is 43.8 Å². The number of carbonyl (C=O) groups is 2. The van der Waals surface area contributed by atoms with Gasteiger partial charge in [-0.05, 0) is 56.3 Å². The molecule has 4 aliphatic carbocycles. The molecule has 0 aromatic rings. The number of rotatable bonds is 5. The van der Waals surface area contributed by atoms with Gasteiger partial charge in [-0.1, -0.05) is 0 Å². The summed E-state index contributed by atoms with van der Waals surface area (Å²) in [5.74, 6) is -1.67. The van der Waals surface area contributed by atoms with Crippen molar-refractivity contribution < 1.29 is 40.8 Å². The molecule has 10 heteroatoms. The highest BCUT2D eigenvalue weighted by Gasteiger charge is 2.56. The summed E-state index contributed by atoms with van der Waals surface area (Å²) < 4.78 is 64.0. The number of esters is 2. The average Bonchev–Trinajstić information content (AvgIpc) is 2.44. The van der Waals surface area contributed by atoms with Gasteiger partial charge in [-0.15, -0.1) is 0 Å². The van der Waals surface area contributed by atoms with E-state index in [2.05, 4.69) is 4.74 Å². The fraction of sp³-hybridized carbons (Fsp3) is 0.857. The Balaban J connectivity index is 1.56. The Kier molecular flexibility index (Phi) is 4.10. The van der Waals surface area contributed by atoms with Gasteiger partial charge < -0.3 is 9.47 Å². The molecule has 0 aromatic carbocycles. The number of alkyl halides is 2. The molecule has 0 amide bonds. The summed E-state index contributed by atoms with van der Waals surface area (Å²) >= 11 is 0. The van der Waals surface area contributed by atoms with Crippen LogP contribution in [-0.2, 0) is 29.2 Å². The normalized spacial score (nSPS) is 34.9. The van der Waals surface area contributed by atoms with E-state index in [1.807, 2.05) is 0 Å². The monoisotopic (exact) mass is 368 g/mol. The van der Waals surface area contributed by atoms with Gasteiger partial charge in [0.05, 0.1) is 5.41 Å². The Hall–Kier alpha value is -1.29. The van der Waals surface area contributed by atoms with Crippen LogP contribution >= 0.6 is 0 Å². The van der Waals surface area contributed by atoms with Crippen LogP contribution in [0.5, 0.6) is 0 Å². The first kappa shape index (κ1) is 17.5. The van der Waals surface area contributed by atoms with Crippen molar-refractivity contribution in [1.29, 1.82) is 0 Å². The summed E-state index contributed by atoms with van der Waals surface area (Å²) in [6.07, 6.45) is 5.36. The third-order valence-corrected chi connectivity index (χ3v) is 6.23. The van der Waals surface area contributed by atoms with Gasteiger partial charge in [-0.25, -0.2) is 4.79 Å². The summed E-state index contributed by atoms with van der Waals surface area (Å²) in [7, 11) is -5.94. The van der Waals surface area contributed by atoms with Gasteiger partial charge in [0, 0.05) is 0 Å². The molecule has 0 unspecified atom stereocenters. The van der Waals surface area contributed by atoms with Gasteiger partial charge in [0.25, 0.3) is 0 Å². The number of hydrogen-bond acceptors (Lipinski definition) is 6. The largest absolute Gasteiger partial charge is 0.465 e. The molecule has 4 fully saturated rings. The van der Waals surface area contributed by atoms with Crippen LogP contribution in [0, 0.1) is 23.2 Å². The molecule has 24 heavy (non-hydrogen) atoms. The summed E-state index contributed by atoms with van der Waals surface area (Å²) in [6, 6.07) is 0. The standard InChI is InChI=1S/C14H18F2O7S/c15-14(16,24(19,20)21)12(18)23-7-22-11(17)13-4-8-1-9(5-13)3-10(2-8)6-13/h8-10H,1-7H2,(H,19,20,21). The molecular weight excluding hydrogens is 350 g/mol. The lowest BCUT2D eigenvalue weighted by Gasteiger charge is -2.55. The highest BCUT2D eigenvalue weighted by molar-refractivity contribution is 7.87. The lowest BCUT2D eigenvalue weighted by molar-refractivity contribution is -0.192. The number of hydrogen-bond donors (Lipinski definition) is 1. The van der Waals surface area contributed by atoms with E-state index in [4.69, 9.17) is 9.29 Å². The molecule has 4 rings (SSSR count). The molecule has 4 bridgehead atoms. The van der Waals surface area contributed by atoms with Gasteiger partial charge in [-0.2, -0.15) is 17.2 Å². The van der Waals surface area contributed by atoms with E-state index in [0.717, 1.165) is 19.3 Å². The summed E-state index contributed by atoms with van der Waals surface area (Å²) in [5.41, 5.74) is -0.646. The fourth-order valence-corrected chi connectivity index (χ4v) is 5.11. The maximum absolute atomic E-state index is 13.0. The minimum absolute atomic E-state index is 0.468. The Bertz CT molecular complexity index is 623. The summed E-state index contributed by atoms with van der Waals surface area (Å²) in [5, 5.41) is -5.10. The van der Waals surface area contributed by atoms with Crippen LogP contribution in [-0.4, -0.2) is 37.0 Å². The van der Waals surface area contributed by atoms with Crippen LogP contribution in [0.4, 0.5) is 8.78 Å². The first-order valence-corrected chi connectivity index (χ1v) is 9.17. The molecule has 0 radical (unpaired) electrons. The zero-order chi connectivity index (χ0) is 17.8. The minimum Gasteiger partial charge on any atom is -0.427 e. The number of halogens is 2. The molecule has 4 aliphatic rings. The van der Waals surface area contributed by atoms with Crippen molar-refractivity contribution in [3.05, 3.63) is 0 Å². The van der Waals surface area contributed by atoms with E-state index in [-0.39, 0.29) is 0 Å². The lowest BCUT2D eigenvalue weighted by Crippen LogP contribution is -2.50. The molecule has 136 valence electrons. The predicted molar refractivity (Wildman–Crippen MR) is 74.2 cm³/mol. The van der Waals surface area contributed by atoms with Crippen LogP contribution in [0.2, 0.25) is 0 Å². The van der Waals surface area contributed by atoms with Gasteiger partial charge in [0.15, 0.2) is 0 Å². The molecule has 4 saturated carbocycles. The quantitative estimate of drug-likeness (QED) is 0.447. The maximum atomic E-state index is 13.0. The number of carbonyl (C=O) groups excluding carboxylic acids is 2. The van der Waals surface area contributed by atoms with E-state index < -0.39 is 39.5 Å². The Morgan fingerprint density at radius 1 is 1.04 bits per heavy atom. The van der Waals surface area contributed by atoms with Crippen molar-refractivity contribution >= 4 is 22.1 Å². The summed E-state index contributed by atoms with van der Waals surface area (Å²) in [6.45, 7) is -1.11. The van der Waals surface area contributed by atoms with Crippen molar-refractivity contribution in [3.8, 4) is 0 Å². The highest BCUT2D eigenvalue weighted by Crippen LogP contribution is 2.60. The van der Waals surface area contributed by atoms with Crippen molar-refractivity contribution in [3.63, 3.8) is 0 Å². The molecule has 0 aliphatic heterocycles. The third-order valence-electron chi connectivity index (χ3n) is 5.41. The van der Waals surface area contributed by atoms with Crippen LogP contribution in [0.1, 0.15) is 38.5 Å². The Labute approximate surface area is 137 Å². The van der Waals surface area contributed by atoms with E-state index in [1.165, 1.54) is 0 Å². The van der Waals surface area contributed by atoms with E-state index in [9.17, 15) is 26.8 Å². The van der Waals surface area contributed by atoms with Gasteiger partial charge in [-0.3, -0.25) is 9.35 Å². The topological polar surface area (TPSA) is 107 Å². The van der Waals surface area contributed by atoms with E-state index in [0.29, 0.717) is 37.0 Å². The first-order chi connectivity index (χ1) is 11.0. The second-order valence-corrected chi connectivity index (χ2v) is 8.63. The first-order valence-electron chi connectivity index (χ1n) is 7.73. The second-order valence-electron chi connectivity index (χ2n) is 7.17. The van der Waals surface area contributed by atoms with Crippen LogP contribution in [0.25, 0.3) is 0 Å².